The second-order valence-electron chi connectivity index (χ2n) is 34.5. The number of allylic oxidation sites excluding steroid dienone is 2. The zero-order chi connectivity index (χ0) is 86.2. The van der Waals surface area contributed by atoms with Crippen LogP contribution in [0.3, 0.4) is 0 Å². The third-order valence-electron chi connectivity index (χ3n) is 23.7. The van der Waals surface area contributed by atoms with Crippen LogP contribution in [-0.4, -0.2) is 205 Å². The van der Waals surface area contributed by atoms with E-state index in [4.69, 9.17) is 46.9 Å². The van der Waals surface area contributed by atoms with E-state index in [1.165, 1.54) is 173 Å². The molecule has 0 aromatic heterocycles. The van der Waals surface area contributed by atoms with Crippen molar-refractivity contribution in [2.24, 2.45) is 5.92 Å². The molecule has 0 spiro atoms. The quantitative estimate of drug-likeness (QED) is 0.00889. The van der Waals surface area contributed by atoms with Crippen LogP contribution in [0.1, 0.15) is 413 Å². The van der Waals surface area contributed by atoms with Crippen molar-refractivity contribution in [2.45, 2.75) is 518 Å². The van der Waals surface area contributed by atoms with Gasteiger partial charge in [-0.05, 0) is 57.3 Å². The number of hydrogen-bond acceptors (Lipinski definition) is 24. The second kappa shape index (κ2) is 70.4. The lowest BCUT2D eigenvalue weighted by Crippen LogP contribution is -2.70. The van der Waals surface area contributed by atoms with Crippen molar-refractivity contribution in [3.05, 3.63) is 12.2 Å². The third kappa shape index (κ3) is 50.4. The largest absolute Gasteiger partial charge is 0.472 e. The van der Waals surface area contributed by atoms with E-state index in [9.17, 15) is 74.6 Å². The zero-order valence-corrected chi connectivity index (χ0v) is 75.0. The lowest BCUT2D eigenvalue weighted by molar-refractivity contribution is -0.360. The molecule has 2 heterocycles. The van der Waals surface area contributed by atoms with E-state index in [1.807, 2.05) is 0 Å². The number of carbonyl (C=O) groups excluding carboxylic acids is 4. The smallest absolute Gasteiger partial charge is 0.463 e. The number of aliphatic hydroxyl groups excluding tert-OH is 9. The Morgan fingerprint density at radius 3 is 1.10 bits per heavy atom. The maximum atomic E-state index is 14.9. The second-order valence-corrected chi connectivity index (χ2v) is 35.9. The fourth-order valence-electron chi connectivity index (χ4n) is 16.0. The molecule has 1 aliphatic carbocycles. The molecule has 25 nitrogen and oxygen atoms in total. The van der Waals surface area contributed by atoms with E-state index >= 15 is 0 Å². The molecule has 3 aliphatic rings. The standard InChI is InChI=1S/C92H171O25P/c1-6-10-14-18-22-25-28-31-33-36-39-41-44-51-57-63-75(94)108-68-72(111-77(96)65-59-53-46-43-40-37-34-32-29-26-23-19-15-11-7-2)69-110-118(106,107)117-90-88(115-91-85(104)81(100)79(98)73(67-93)112-91)84(103)83(102)87(114-78(97)66-60-54-48-47-50-56-62-71(5)61-55-49-21-17-13-9-4)89(90)116-92-86(105)82(101)80(99)74(113-92)70-109-76(95)64-58-52-45-42-38-35-30-27-24-20-16-12-8-3/h25,28,71-74,79-93,98-105H,6-24,26-27,29-70H2,1-5H3,(H,106,107)/b28-25-. The van der Waals surface area contributed by atoms with Crippen LogP contribution in [0.4, 0.5) is 0 Å². The van der Waals surface area contributed by atoms with E-state index in [2.05, 4.69) is 46.8 Å². The molecule has 3 fully saturated rings. The molecule has 118 heavy (non-hydrogen) atoms. The maximum Gasteiger partial charge on any atom is 0.472 e. The minimum atomic E-state index is -5.81. The Morgan fingerprint density at radius 2 is 0.686 bits per heavy atom. The molecule has 2 saturated heterocycles. The Kier molecular flexibility index (Phi) is 65.2. The molecular weight excluding hydrogens is 1540 g/mol. The molecule has 10 N–H and O–H groups in total. The van der Waals surface area contributed by atoms with Crippen LogP contribution in [0.2, 0.25) is 0 Å². The molecule has 1 saturated carbocycles. The first kappa shape index (κ1) is 109. The van der Waals surface area contributed by atoms with E-state index < -0.39 is 162 Å². The summed E-state index contributed by atoms with van der Waals surface area (Å²) in [6.45, 7) is 7.90. The average Bonchev–Trinajstić information content (AvgIpc) is 0.757. The van der Waals surface area contributed by atoms with Crippen LogP contribution in [0.5, 0.6) is 0 Å². The van der Waals surface area contributed by atoms with Gasteiger partial charge in [0.2, 0.25) is 0 Å². The molecule has 0 radical (unpaired) electrons. The first-order chi connectivity index (χ1) is 57.1. The Labute approximate surface area is 712 Å². The summed E-state index contributed by atoms with van der Waals surface area (Å²) in [5.74, 6) is -2.33. The summed E-state index contributed by atoms with van der Waals surface area (Å²) in [7, 11) is -5.81. The summed E-state index contributed by atoms with van der Waals surface area (Å²) in [6.07, 6.45) is 27.7. The summed E-state index contributed by atoms with van der Waals surface area (Å²) in [5, 5.41) is 102. The maximum absolute atomic E-state index is 14.9. The normalized spacial score (nSPS) is 25.2. The van der Waals surface area contributed by atoms with Gasteiger partial charge in [-0.2, -0.15) is 0 Å². The van der Waals surface area contributed by atoms with Gasteiger partial charge >= 0.3 is 31.7 Å². The van der Waals surface area contributed by atoms with Gasteiger partial charge in [0.05, 0.1) is 13.2 Å². The summed E-state index contributed by atoms with van der Waals surface area (Å²) in [4.78, 5) is 66.5. The zero-order valence-electron chi connectivity index (χ0n) is 74.1. The van der Waals surface area contributed by atoms with Gasteiger partial charge in [-0.1, -0.05) is 349 Å². The Bertz CT molecular complexity index is 2520. The molecule has 26 heteroatoms. The number of aliphatic hydroxyl groups is 9. The highest BCUT2D eigenvalue weighted by Gasteiger charge is 2.60. The van der Waals surface area contributed by atoms with Crippen LogP contribution in [0, 0.1) is 5.92 Å². The molecular formula is C92H171O25P. The van der Waals surface area contributed by atoms with Crippen molar-refractivity contribution >= 4 is 31.7 Å². The highest BCUT2D eigenvalue weighted by Crippen LogP contribution is 2.49. The number of phosphoric ester groups is 1. The highest BCUT2D eigenvalue weighted by molar-refractivity contribution is 7.47. The number of carbonyl (C=O) groups is 4. The summed E-state index contributed by atoms with van der Waals surface area (Å²) < 4.78 is 73.5. The van der Waals surface area contributed by atoms with Gasteiger partial charge in [-0.15, -0.1) is 0 Å². The number of hydrogen-bond donors (Lipinski definition) is 10. The fraction of sp³-hybridized carbons (Fsp3) is 0.935. The van der Waals surface area contributed by atoms with Crippen molar-refractivity contribution in [3.63, 3.8) is 0 Å². The third-order valence-corrected chi connectivity index (χ3v) is 24.7. The monoisotopic (exact) mass is 1710 g/mol. The minimum absolute atomic E-state index is 0.0180. The van der Waals surface area contributed by atoms with Crippen LogP contribution in [0.15, 0.2) is 12.2 Å². The van der Waals surface area contributed by atoms with Crippen molar-refractivity contribution in [1.29, 1.82) is 0 Å². The summed E-state index contributed by atoms with van der Waals surface area (Å²) >= 11 is 0. The molecule has 19 unspecified atom stereocenters. The average molecular weight is 1710 g/mol. The Morgan fingerprint density at radius 1 is 0.356 bits per heavy atom. The topological polar surface area (TPSA) is 380 Å². The summed E-state index contributed by atoms with van der Waals surface area (Å²) in [5.41, 5.74) is 0. The molecule has 0 bridgehead atoms. The van der Waals surface area contributed by atoms with Crippen LogP contribution < -0.4 is 0 Å². The van der Waals surface area contributed by atoms with Gasteiger partial charge in [0.15, 0.2) is 24.8 Å². The van der Waals surface area contributed by atoms with Gasteiger partial charge in [-0.25, -0.2) is 4.57 Å². The predicted molar refractivity (Wildman–Crippen MR) is 458 cm³/mol. The lowest BCUT2D eigenvalue weighted by Gasteiger charge is -2.50. The van der Waals surface area contributed by atoms with E-state index in [0.717, 1.165) is 148 Å². The van der Waals surface area contributed by atoms with Crippen LogP contribution in [0.25, 0.3) is 0 Å². The molecule has 3 rings (SSSR count). The lowest BCUT2D eigenvalue weighted by atomic mass is 9.84. The van der Waals surface area contributed by atoms with Crippen molar-refractivity contribution in [1.82, 2.24) is 0 Å². The van der Waals surface area contributed by atoms with Crippen LogP contribution >= 0.6 is 7.82 Å². The first-order valence-electron chi connectivity index (χ1n) is 47.8. The molecule has 0 aromatic carbocycles. The molecule has 0 aromatic rings. The van der Waals surface area contributed by atoms with Gasteiger partial charge in [0, 0.05) is 25.7 Å². The SMILES string of the molecule is CCCCCC/C=C\CCCCCCCCCC(=O)OCC(COP(=O)(O)OC1C(OC2OC(CO)C(O)C(O)C2O)C(O)C(O)C(OC(=O)CCCCCCCCC(C)CCCCCCCC)C1OC1OC(COC(=O)CCCCCCCCCCCCCCC)C(O)C(O)C1O)OC(=O)CCCCCCCCCCCCCCCCC. The summed E-state index contributed by atoms with van der Waals surface area (Å²) in [6, 6.07) is 0. The van der Waals surface area contributed by atoms with E-state index in [-0.39, 0.29) is 25.7 Å². The molecule has 2 aliphatic heterocycles. The van der Waals surface area contributed by atoms with Crippen molar-refractivity contribution in [3.8, 4) is 0 Å². The van der Waals surface area contributed by atoms with Crippen molar-refractivity contribution < 1.29 is 122 Å². The number of unbranched alkanes of at least 4 members (excludes halogenated alkanes) is 47. The number of phosphoric acid groups is 1. The molecule has 19 atom stereocenters. The van der Waals surface area contributed by atoms with Gasteiger partial charge < -0.3 is 88.7 Å². The van der Waals surface area contributed by atoms with Gasteiger partial charge in [0.1, 0.15) is 92.6 Å². The van der Waals surface area contributed by atoms with Crippen LogP contribution in [-0.2, 0) is 70.7 Å². The number of ether oxygens (including phenoxy) is 8. The Hall–Kier alpha value is -2.79. The highest BCUT2D eigenvalue weighted by atomic mass is 31.2. The van der Waals surface area contributed by atoms with Crippen molar-refractivity contribution in [2.75, 3.05) is 26.4 Å². The predicted octanol–water partition coefficient (Wildman–Crippen LogP) is 17.8. The first-order valence-corrected chi connectivity index (χ1v) is 49.3. The van der Waals surface area contributed by atoms with E-state index in [1.54, 1.807) is 0 Å². The van der Waals surface area contributed by atoms with E-state index in [0.29, 0.717) is 38.0 Å². The number of rotatable bonds is 77. The number of esters is 4. The molecule has 694 valence electrons. The fourth-order valence-corrected chi connectivity index (χ4v) is 16.9. The minimum Gasteiger partial charge on any atom is -0.463 e. The van der Waals surface area contributed by atoms with Gasteiger partial charge in [-0.3, -0.25) is 28.2 Å². The molecule has 0 amide bonds. The van der Waals surface area contributed by atoms with Gasteiger partial charge in [0.25, 0.3) is 0 Å². The Balaban J connectivity index is 1.92.